The molecule has 5 heteroatoms. The van der Waals surface area contributed by atoms with E-state index in [1.807, 2.05) is 20.8 Å². The minimum atomic E-state index is -0.448. The number of carbonyl (C=O) groups is 1. The Morgan fingerprint density at radius 2 is 2.05 bits per heavy atom. The van der Waals surface area contributed by atoms with E-state index in [0.29, 0.717) is 18.4 Å². The van der Waals surface area contributed by atoms with Crippen LogP contribution >= 0.6 is 11.3 Å². The van der Waals surface area contributed by atoms with Gasteiger partial charge in [-0.05, 0) is 74.5 Å². The summed E-state index contributed by atoms with van der Waals surface area (Å²) in [6, 6.07) is 2.16. The van der Waals surface area contributed by atoms with E-state index in [4.69, 9.17) is 4.74 Å². The second kappa shape index (κ2) is 9.16. The zero-order valence-corrected chi connectivity index (χ0v) is 15.3. The lowest BCUT2D eigenvalue weighted by Gasteiger charge is -2.24. The van der Waals surface area contributed by atoms with Gasteiger partial charge in [0.1, 0.15) is 5.60 Å². The van der Waals surface area contributed by atoms with Crippen molar-refractivity contribution in [2.45, 2.75) is 46.6 Å². The van der Waals surface area contributed by atoms with Crippen molar-refractivity contribution in [2.75, 3.05) is 19.6 Å². The van der Waals surface area contributed by atoms with E-state index in [-0.39, 0.29) is 6.09 Å². The highest BCUT2D eigenvalue weighted by atomic mass is 32.1. The first-order valence-corrected chi connectivity index (χ1v) is 8.91. The minimum Gasteiger partial charge on any atom is -0.444 e. The third-order valence-electron chi connectivity index (χ3n) is 3.43. The molecule has 22 heavy (non-hydrogen) atoms. The van der Waals surface area contributed by atoms with Crippen molar-refractivity contribution in [3.63, 3.8) is 0 Å². The second-order valence-corrected chi connectivity index (χ2v) is 7.75. The van der Waals surface area contributed by atoms with Gasteiger partial charge in [-0.1, -0.05) is 13.8 Å². The van der Waals surface area contributed by atoms with Gasteiger partial charge in [-0.25, -0.2) is 4.79 Å². The number of nitrogens with one attached hydrogen (secondary N) is 2. The Morgan fingerprint density at radius 3 is 2.59 bits per heavy atom. The highest BCUT2D eigenvalue weighted by Gasteiger charge is 2.18. The molecule has 0 aliphatic heterocycles. The maximum Gasteiger partial charge on any atom is 0.407 e. The molecule has 1 heterocycles. The number of rotatable bonds is 8. The van der Waals surface area contributed by atoms with Crippen molar-refractivity contribution in [3.05, 3.63) is 22.4 Å². The summed E-state index contributed by atoms with van der Waals surface area (Å²) in [6.45, 7) is 12.5. The van der Waals surface area contributed by atoms with Crippen molar-refractivity contribution in [1.29, 1.82) is 0 Å². The lowest BCUT2D eigenvalue weighted by atomic mass is 9.95. The van der Waals surface area contributed by atoms with Crippen LogP contribution in [0.1, 0.15) is 40.2 Å². The number of amides is 1. The van der Waals surface area contributed by atoms with Crippen LogP contribution in [0.2, 0.25) is 0 Å². The lowest BCUT2D eigenvalue weighted by Crippen LogP contribution is -2.39. The number of carbonyl (C=O) groups excluding carboxylic acids is 1. The van der Waals surface area contributed by atoms with Crippen LogP contribution in [0.15, 0.2) is 16.8 Å². The summed E-state index contributed by atoms with van der Waals surface area (Å²) in [5.74, 6) is 0.901. The summed E-state index contributed by atoms with van der Waals surface area (Å²) < 4.78 is 5.27. The molecule has 0 fully saturated rings. The Kier molecular flexibility index (Phi) is 7.90. The molecule has 0 bridgehead atoms. The fourth-order valence-corrected chi connectivity index (χ4v) is 2.73. The summed E-state index contributed by atoms with van der Waals surface area (Å²) in [4.78, 5) is 11.7. The summed E-state index contributed by atoms with van der Waals surface area (Å²) in [5, 5.41) is 10.7. The highest BCUT2D eigenvalue weighted by molar-refractivity contribution is 7.07. The molecule has 0 aliphatic carbocycles. The maximum atomic E-state index is 11.7. The van der Waals surface area contributed by atoms with E-state index in [9.17, 15) is 4.79 Å². The summed E-state index contributed by atoms with van der Waals surface area (Å²) in [7, 11) is 0. The van der Waals surface area contributed by atoms with Crippen molar-refractivity contribution in [3.8, 4) is 0 Å². The number of hydrogen-bond acceptors (Lipinski definition) is 4. The lowest BCUT2D eigenvalue weighted by molar-refractivity contribution is 0.0515. The zero-order valence-electron chi connectivity index (χ0n) is 14.4. The Labute approximate surface area is 138 Å². The van der Waals surface area contributed by atoms with Gasteiger partial charge in [0.15, 0.2) is 0 Å². The molecule has 1 atom stereocenters. The van der Waals surface area contributed by atoms with Crippen molar-refractivity contribution < 1.29 is 9.53 Å². The van der Waals surface area contributed by atoms with Crippen molar-refractivity contribution in [1.82, 2.24) is 10.6 Å². The first-order valence-electron chi connectivity index (χ1n) is 7.96. The standard InChI is InChI=1S/C17H30N2O2S/c1-13(2)15(11-19-16(20)21-17(3,4)5)10-18-8-6-14-7-9-22-12-14/h7,9,12-13,15,18H,6,8,10-11H2,1-5H3,(H,19,20). The molecule has 1 aromatic rings. The van der Waals surface area contributed by atoms with Crippen molar-refractivity contribution >= 4 is 17.4 Å². The first kappa shape index (κ1) is 19.0. The molecule has 0 aromatic carbocycles. The molecular weight excluding hydrogens is 296 g/mol. The van der Waals surface area contributed by atoms with E-state index >= 15 is 0 Å². The molecule has 126 valence electrons. The summed E-state index contributed by atoms with van der Waals surface area (Å²) >= 11 is 1.74. The number of hydrogen-bond donors (Lipinski definition) is 2. The number of thiophene rings is 1. The van der Waals surface area contributed by atoms with E-state index in [1.54, 1.807) is 11.3 Å². The van der Waals surface area contributed by atoms with Crippen LogP contribution in [-0.4, -0.2) is 31.3 Å². The molecule has 1 rings (SSSR count). The fraction of sp³-hybridized carbons (Fsp3) is 0.706. The van der Waals surface area contributed by atoms with Crippen LogP contribution in [0.5, 0.6) is 0 Å². The van der Waals surface area contributed by atoms with Gasteiger partial charge in [0.25, 0.3) is 0 Å². The largest absolute Gasteiger partial charge is 0.444 e. The molecule has 2 N–H and O–H groups in total. The van der Waals surface area contributed by atoms with Crippen molar-refractivity contribution in [2.24, 2.45) is 11.8 Å². The van der Waals surface area contributed by atoms with Gasteiger partial charge in [0, 0.05) is 6.54 Å². The van der Waals surface area contributed by atoms with E-state index < -0.39 is 5.60 Å². The Balaban J connectivity index is 2.25. The number of ether oxygens (including phenoxy) is 1. The Hall–Kier alpha value is -1.07. The molecular formula is C17H30N2O2S. The molecule has 1 aromatic heterocycles. The van der Waals surface area contributed by atoms with Crippen LogP contribution < -0.4 is 10.6 Å². The van der Waals surface area contributed by atoms with Gasteiger partial charge < -0.3 is 15.4 Å². The zero-order chi connectivity index (χ0) is 16.6. The quantitative estimate of drug-likeness (QED) is 0.717. The Bertz CT molecular complexity index is 424. The van der Waals surface area contributed by atoms with Gasteiger partial charge in [0.05, 0.1) is 0 Å². The molecule has 0 radical (unpaired) electrons. The van der Waals surface area contributed by atoms with Crippen LogP contribution in [-0.2, 0) is 11.2 Å². The van der Waals surface area contributed by atoms with Crippen LogP contribution in [0.3, 0.4) is 0 Å². The number of alkyl carbamates (subject to hydrolysis) is 1. The topological polar surface area (TPSA) is 50.4 Å². The van der Waals surface area contributed by atoms with Gasteiger partial charge in [0.2, 0.25) is 0 Å². The maximum absolute atomic E-state index is 11.7. The van der Waals surface area contributed by atoms with Gasteiger partial charge in [-0.15, -0.1) is 0 Å². The molecule has 4 nitrogen and oxygen atoms in total. The predicted octanol–water partition coefficient (Wildman–Crippen LogP) is 3.68. The third-order valence-corrected chi connectivity index (χ3v) is 4.16. The fourth-order valence-electron chi connectivity index (χ4n) is 2.03. The van der Waals surface area contributed by atoms with Crippen LogP contribution in [0, 0.1) is 11.8 Å². The summed E-state index contributed by atoms with van der Waals surface area (Å²) in [5.41, 5.74) is 0.932. The third kappa shape index (κ3) is 8.39. The predicted molar refractivity (Wildman–Crippen MR) is 93.5 cm³/mol. The highest BCUT2D eigenvalue weighted by Crippen LogP contribution is 2.11. The van der Waals surface area contributed by atoms with Crippen LogP contribution in [0.25, 0.3) is 0 Å². The van der Waals surface area contributed by atoms with Gasteiger partial charge in [-0.3, -0.25) is 0 Å². The minimum absolute atomic E-state index is 0.337. The van der Waals surface area contributed by atoms with E-state index in [1.165, 1.54) is 5.56 Å². The van der Waals surface area contributed by atoms with E-state index in [0.717, 1.165) is 19.5 Å². The normalized spacial score (nSPS) is 13.2. The summed E-state index contributed by atoms with van der Waals surface area (Å²) in [6.07, 6.45) is 0.713. The molecule has 1 amide bonds. The van der Waals surface area contributed by atoms with E-state index in [2.05, 4.69) is 41.3 Å². The first-order chi connectivity index (χ1) is 10.3. The molecule has 1 unspecified atom stereocenters. The smallest absolute Gasteiger partial charge is 0.407 e. The average molecular weight is 327 g/mol. The monoisotopic (exact) mass is 326 g/mol. The van der Waals surface area contributed by atoms with Crippen LogP contribution in [0.4, 0.5) is 4.79 Å². The molecule has 0 saturated carbocycles. The second-order valence-electron chi connectivity index (χ2n) is 6.97. The van der Waals surface area contributed by atoms with Gasteiger partial charge in [-0.2, -0.15) is 11.3 Å². The molecule has 0 saturated heterocycles. The van der Waals surface area contributed by atoms with Gasteiger partial charge >= 0.3 is 6.09 Å². The average Bonchev–Trinajstić information content (AvgIpc) is 2.88. The molecule has 0 aliphatic rings. The molecule has 0 spiro atoms. The Morgan fingerprint density at radius 1 is 1.32 bits per heavy atom. The SMILES string of the molecule is CC(C)C(CNCCc1ccsc1)CNC(=O)OC(C)(C)C.